The lowest BCUT2D eigenvalue weighted by molar-refractivity contribution is 0.0743. The first-order chi connectivity index (χ1) is 10.1. The molecule has 0 aliphatic carbocycles. The fraction of sp³-hybridized carbons (Fsp3) is 0.188. The smallest absolute Gasteiger partial charge is 0.258 e. The summed E-state index contributed by atoms with van der Waals surface area (Å²) in [4.78, 5) is 14.2. The second-order valence-electron chi connectivity index (χ2n) is 4.85. The predicted octanol–water partition coefficient (Wildman–Crippen LogP) is 3.62. The molecular weight excluding hydrogens is 337 g/mol. The van der Waals surface area contributed by atoms with Gasteiger partial charge < -0.3 is 9.64 Å². The molecule has 2 aromatic carbocycles. The first kappa shape index (κ1) is 14.1. The third kappa shape index (κ3) is 3.08. The zero-order valence-electron chi connectivity index (χ0n) is 11.2. The van der Waals surface area contributed by atoms with Gasteiger partial charge in [0.25, 0.3) is 5.91 Å². The lowest BCUT2D eigenvalue weighted by Gasteiger charge is -2.20. The van der Waals surface area contributed by atoms with Gasteiger partial charge >= 0.3 is 0 Å². The number of hydrogen-bond donors (Lipinski definition) is 0. The summed E-state index contributed by atoms with van der Waals surface area (Å²) in [5.41, 5.74) is 1.29. The Morgan fingerprint density at radius 1 is 1.24 bits per heavy atom. The summed E-state index contributed by atoms with van der Waals surface area (Å²) in [6.07, 6.45) is 0. The van der Waals surface area contributed by atoms with E-state index in [2.05, 4.69) is 15.9 Å². The monoisotopic (exact) mass is 349 g/mol. The van der Waals surface area contributed by atoms with Crippen LogP contribution >= 0.6 is 15.9 Å². The van der Waals surface area contributed by atoms with Crippen molar-refractivity contribution >= 4 is 21.8 Å². The molecule has 3 rings (SSSR count). The highest BCUT2D eigenvalue weighted by Crippen LogP contribution is 2.24. The van der Waals surface area contributed by atoms with E-state index in [9.17, 15) is 9.18 Å². The minimum absolute atomic E-state index is 0.0940. The standard InChI is InChI=1S/C16H13BrFNO2/c17-12-7-11(8-13(18)9-12)10-19-5-6-21-15-4-2-1-3-14(15)16(19)20/h1-4,7-9H,5-6,10H2. The Kier molecular flexibility index (Phi) is 3.92. The Morgan fingerprint density at radius 2 is 2.05 bits per heavy atom. The lowest BCUT2D eigenvalue weighted by atomic mass is 10.1. The number of benzene rings is 2. The van der Waals surface area contributed by atoms with Crippen molar-refractivity contribution in [1.82, 2.24) is 4.90 Å². The van der Waals surface area contributed by atoms with Crippen molar-refractivity contribution in [2.24, 2.45) is 0 Å². The van der Waals surface area contributed by atoms with Gasteiger partial charge in [-0.25, -0.2) is 4.39 Å². The molecule has 0 bridgehead atoms. The SMILES string of the molecule is O=C1c2ccccc2OCCN1Cc1cc(F)cc(Br)c1. The largest absolute Gasteiger partial charge is 0.491 e. The summed E-state index contributed by atoms with van der Waals surface area (Å²) in [5, 5.41) is 0. The first-order valence-electron chi connectivity index (χ1n) is 6.59. The molecule has 1 heterocycles. The summed E-state index contributed by atoms with van der Waals surface area (Å²) < 4.78 is 19.7. The highest BCUT2D eigenvalue weighted by atomic mass is 79.9. The molecule has 0 saturated carbocycles. The summed E-state index contributed by atoms with van der Waals surface area (Å²) in [6, 6.07) is 11.8. The van der Waals surface area contributed by atoms with Crippen molar-refractivity contribution in [3.8, 4) is 5.75 Å². The molecule has 1 aliphatic rings. The van der Waals surface area contributed by atoms with Gasteiger partial charge in [-0.3, -0.25) is 4.79 Å². The molecular formula is C16H13BrFNO2. The zero-order valence-corrected chi connectivity index (χ0v) is 12.8. The van der Waals surface area contributed by atoms with Crippen molar-refractivity contribution in [3.05, 3.63) is 63.9 Å². The predicted molar refractivity (Wildman–Crippen MR) is 80.8 cm³/mol. The van der Waals surface area contributed by atoms with E-state index in [0.717, 1.165) is 5.56 Å². The number of amides is 1. The highest BCUT2D eigenvalue weighted by molar-refractivity contribution is 9.10. The van der Waals surface area contributed by atoms with Gasteiger partial charge in [-0.15, -0.1) is 0 Å². The van der Waals surface area contributed by atoms with Crippen LogP contribution in [0.1, 0.15) is 15.9 Å². The van der Waals surface area contributed by atoms with Gasteiger partial charge in [0.1, 0.15) is 18.2 Å². The molecule has 0 atom stereocenters. The number of hydrogen-bond acceptors (Lipinski definition) is 2. The van der Waals surface area contributed by atoms with E-state index in [1.54, 1.807) is 17.0 Å². The number of para-hydroxylation sites is 1. The van der Waals surface area contributed by atoms with Crippen LogP contribution in [0.2, 0.25) is 0 Å². The maximum Gasteiger partial charge on any atom is 0.258 e. The van der Waals surface area contributed by atoms with E-state index in [1.165, 1.54) is 12.1 Å². The lowest BCUT2D eigenvalue weighted by Crippen LogP contribution is -2.31. The van der Waals surface area contributed by atoms with Crippen LogP contribution in [-0.4, -0.2) is 24.0 Å². The van der Waals surface area contributed by atoms with E-state index in [1.807, 2.05) is 18.2 Å². The molecule has 0 radical (unpaired) electrons. The molecule has 5 heteroatoms. The van der Waals surface area contributed by atoms with Crippen LogP contribution in [0.15, 0.2) is 46.9 Å². The van der Waals surface area contributed by atoms with Crippen LogP contribution in [0.5, 0.6) is 5.75 Å². The average molecular weight is 350 g/mol. The van der Waals surface area contributed by atoms with Crippen LogP contribution in [-0.2, 0) is 6.54 Å². The van der Waals surface area contributed by atoms with Crippen molar-refractivity contribution in [2.75, 3.05) is 13.2 Å². The van der Waals surface area contributed by atoms with Crippen molar-refractivity contribution in [1.29, 1.82) is 0 Å². The Hall–Kier alpha value is -1.88. The Bertz CT molecular complexity index is 669. The summed E-state index contributed by atoms with van der Waals surface area (Å²) in [6.45, 7) is 1.26. The number of carbonyl (C=O) groups is 1. The van der Waals surface area contributed by atoms with Gasteiger partial charge in [-0.1, -0.05) is 28.1 Å². The molecule has 3 nitrogen and oxygen atoms in total. The van der Waals surface area contributed by atoms with Crippen LogP contribution in [0, 0.1) is 5.82 Å². The molecule has 0 aromatic heterocycles. The van der Waals surface area contributed by atoms with Crippen molar-refractivity contribution in [3.63, 3.8) is 0 Å². The quantitative estimate of drug-likeness (QED) is 0.828. The van der Waals surface area contributed by atoms with Gasteiger partial charge in [-0.05, 0) is 35.9 Å². The maximum absolute atomic E-state index is 13.4. The molecule has 21 heavy (non-hydrogen) atoms. The third-order valence-corrected chi connectivity index (χ3v) is 3.78. The second-order valence-corrected chi connectivity index (χ2v) is 5.76. The van der Waals surface area contributed by atoms with Crippen molar-refractivity contribution < 1.29 is 13.9 Å². The average Bonchev–Trinajstić information content (AvgIpc) is 2.59. The van der Waals surface area contributed by atoms with Crippen molar-refractivity contribution in [2.45, 2.75) is 6.54 Å². The Balaban J connectivity index is 1.87. The van der Waals surface area contributed by atoms with E-state index in [4.69, 9.17) is 4.74 Å². The van der Waals surface area contributed by atoms with Gasteiger partial charge in [0, 0.05) is 11.0 Å². The molecule has 0 saturated heterocycles. The summed E-state index contributed by atoms with van der Waals surface area (Å²) in [7, 11) is 0. The number of halogens is 2. The number of carbonyl (C=O) groups excluding carboxylic acids is 1. The minimum Gasteiger partial charge on any atom is -0.491 e. The van der Waals surface area contributed by atoms with Gasteiger partial charge in [0.2, 0.25) is 0 Å². The van der Waals surface area contributed by atoms with E-state index >= 15 is 0 Å². The molecule has 0 spiro atoms. The topological polar surface area (TPSA) is 29.5 Å². The van der Waals surface area contributed by atoms with Gasteiger partial charge in [0.05, 0.1) is 12.1 Å². The highest BCUT2D eigenvalue weighted by Gasteiger charge is 2.23. The zero-order chi connectivity index (χ0) is 14.8. The fourth-order valence-electron chi connectivity index (χ4n) is 2.38. The molecule has 0 unspecified atom stereocenters. The van der Waals surface area contributed by atoms with Crippen LogP contribution in [0.3, 0.4) is 0 Å². The summed E-state index contributed by atoms with van der Waals surface area (Å²) in [5.74, 6) is 0.187. The minimum atomic E-state index is -0.321. The third-order valence-electron chi connectivity index (χ3n) is 3.32. The maximum atomic E-state index is 13.4. The first-order valence-corrected chi connectivity index (χ1v) is 7.39. The molecule has 0 fully saturated rings. The summed E-state index contributed by atoms with van der Waals surface area (Å²) >= 11 is 3.27. The van der Waals surface area contributed by atoms with Gasteiger partial charge in [-0.2, -0.15) is 0 Å². The van der Waals surface area contributed by atoms with E-state index in [0.29, 0.717) is 35.5 Å². The van der Waals surface area contributed by atoms with Gasteiger partial charge in [0.15, 0.2) is 0 Å². The number of nitrogens with zero attached hydrogens (tertiary/aromatic N) is 1. The molecule has 0 N–H and O–H groups in total. The van der Waals surface area contributed by atoms with Crippen LogP contribution in [0.25, 0.3) is 0 Å². The molecule has 2 aromatic rings. The molecule has 1 aliphatic heterocycles. The number of fused-ring (bicyclic) bond motifs is 1. The molecule has 1 amide bonds. The Morgan fingerprint density at radius 3 is 2.86 bits per heavy atom. The number of ether oxygens (including phenoxy) is 1. The van der Waals surface area contributed by atoms with Crippen LogP contribution < -0.4 is 4.74 Å². The molecule has 108 valence electrons. The van der Waals surface area contributed by atoms with E-state index in [-0.39, 0.29) is 11.7 Å². The fourth-order valence-corrected chi connectivity index (χ4v) is 2.89. The Labute approximate surface area is 130 Å². The number of rotatable bonds is 2. The van der Waals surface area contributed by atoms with Crippen LogP contribution in [0.4, 0.5) is 4.39 Å². The van der Waals surface area contributed by atoms with E-state index < -0.39 is 0 Å². The second kappa shape index (κ2) is 5.85. The normalized spacial score (nSPS) is 14.4.